The Labute approximate surface area is 174 Å². The Morgan fingerprint density at radius 3 is 2.53 bits per heavy atom. The molecule has 3 aromatic rings. The van der Waals surface area contributed by atoms with Crippen LogP contribution in [-0.2, 0) is 18.3 Å². The summed E-state index contributed by atoms with van der Waals surface area (Å²) in [5.74, 6) is 0.990. The van der Waals surface area contributed by atoms with Crippen LogP contribution in [0.3, 0.4) is 0 Å². The van der Waals surface area contributed by atoms with E-state index in [0.29, 0.717) is 23.7 Å². The van der Waals surface area contributed by atoms with E-state index in [1.165, 1.54) is 7.11 Å². The van der Waals surface area contributed by atoms with Crippen molar-refractivity contribution >= 4 is 12.0 Å². The van der Waals surface area contributed by atoms with E-state index in [0.717, 1.165) is 11.1 Å². The number of hydrogen-bond acceptors (Lipinski definition) is 5. The zero-order valence-corrected chi connectivity index (χ0v) is 17.1. The standard InChI is InChI=1S/C22H24N4O4/c1-26-12-11-23-20(26)19(17-5-4-6-18(13-17)29-2)25-22(28)24-14-15-7-9-16(10-8-15)21(27)30-3/h4-13,19H,14H2,1-3H3,(H2,24,25,28). The van der Waals surface area contributed by atoms with E-state index >= 15 is 0 Å². The Balaban J connectivity index is 1.70. The first-order valence-corrected chi connectivity index (χ1v) is 9.34. The molecule has 1 unspecified atom stereocenters. The first-order chi connectivity index (χ1) is 14.5. The number of amides is 2. The fraction of sp³-hybridized carbons (Fsp3) is 0.227. The molecule has 8 heteroatoms. The average molecular weight is 408 g/mol. The van der Waals surface area contributed by atoms with Crippen molar-refractivity contribution in [3.05, 3.63) is 83.4 Å². The molecule has 0 radical (unpaired) electrons. The molecule has 2 amide bonds. The second kappa shape index (κ2) is 9.60. The number of rotatable bonds is 7. The van der Waals surface area contributed by atoms with Gasteiger partial charge >= 0.3 is 12.0 Å². The van der Waals surface area contributed by atoms with Crippen LogP contribution in [0.25, 0.3) is 0 Å². The first-order valence-electron chi connectivity index (χ1n) is 9.34. The van der Waals surface area contributed by atoms with Crippen molar-refractivity contribution in [1.82, 2.24) is 20.2 Å². The number of carbonyl (C=O) groups is 2. The van der Waals surface area contributed by atoms with Crippen LogP contribution in [0.4, 0.5) is 4.79 Å². The number of benzene rings is 2. The summed E-state index contributed by atoms with van der Waals surface area (Å²) in [6.07, 6.45) is 3.51. The smallest absolute Gasteiger partial charge is 0.337 e. The molecular weight excluding hydrogens is 384 g/mol. The highest BCUT2D eigenvalue weighted by Gasteiger charge is 2.21. The highest BCUT2D eigenvalue weighted by atomic mass is 16.5. The molecule has 1 aromatic heterocycles. The number of nitrogens with one attached hydrogen (secondary N) is 2. The number of esters is 1. The van der Waals surface area contributed by atoms with Gasteiger partial charge in [-0.1, -0.05) is 24.3 Å². The number of urea groups is 1. The van der Waals surface area contributed by atoms with Crippen LogP contribution in [0.5, 0.6) is 5.75 Å². The highest BCUT2D eigenvalue weighted by molar-refractivity contribution is 5.89. The summed E-state index contributed by atoms with van der Waals surface area (Å²) in [7, 11) is 4.81. The van der Waals surface area contributed by atoms with Crippen LogP contribution in [-0.4, -0.2) is 35.8 Å². The first kappa shape index (κ1) is 20.9. The lowest BCUT2D eigenvalue weighted by atomic mass is 10.1. The lowest BCUT2D eigenvalue weighted by Crippen LogP contribution is -2.38. The number of imidazole rings is 1. The van der Waals surface area contributed by atoms with Crippen LogP contribution in [0, 0.1) is 0 Å². The van der Waals surface area contributed by atoms with Gasteiger partial charge in [0.25, 0.3) is 0 Å². The SMILES string of the molecule is COC(=O)c1ccc(CNC(=O)NC(c2cccc(OC)c2)c2nccn2C)cc1. The van der Waals surface area contributed by atoms with Gasteiger partial charge in [0, 0.05) is 26.0 Å². The van der Waals surface area contributed by atoms with Gasteiger partial charge in [-0.25, -0.2) is 14.6 Å². The second-order valence-electron chi connectivity index (χ2n) is 6.62. The van der Waals surface area contributed by atoms with Crippen molar-refractivity contribution in [2.24, 2.45) is 7.05 Å². The van der Waals surface area contributed by atoms with Gasteiger partial charge in [-0.3, -0.25) is 0 Å². The van der Waals surface area contributed by atoms with Gasteiger partial charge in [-0.2, -0.15) is 0 Å². The molecule has 0 saturated carbocycles. The van der Waals surface area contributed by atoms with E-state index in [9.17, 15) is 9.59 Å². The molecule has 1 atom stereocenters. The molecule has 0 bridgehead atoms. The minimum absolute atomic E-state index is 0.304. The largest absolute Gasteiger partial charge is 0.497 e. The van der Waals surface area contributed by atoms with Crippen LogP contribution in [0.2, 0.25) is 0 Å². The molecule has 0 aliphatic heterocycles. The molecule has 0 aliphatic carbocycles. The molecule has 0 saturated heterocycles. The van der Waals surface area contributed by atoms with Crippen molar-refractivity contribution in [1.29, 1.82) is 0 Å². The Bertz CT molecular complexity index is 1010. The van der Waals surface area contributed by atoms with E-state index < -0.39 is 12.0 Å². The third-order valence-electron chi connectivity index (χ3n) is 4.65. The Morgan fingerprint density at radius 2 is 1.90 bits per heavy atom. The second-order valence-corrected chi connectivity index (χ2v) is 6.62. The van der Waals surface area contributed by atoms with E-state index in [1.807, 2.05) is 42.1 Å². The molecule has 0 aliphatic rings. The minimum atomic E-state index is -0.457. The maximum atomic E-state index is 12.6. The predicted molar refractivity (Wildman–Crippen MR) is 111 cm³/mol. The molecule has 2 N–H and O–H groups in total. The third kappa shape index (κ3) is 4.96. The summed E-state index contributed by atoms with van der Waals surface area (Å²) in [6, 6.07) is 13.5. The van der Waals surface area contributed by atoms with Gasteiger partial charge in [0.15, 0.2) is 0 Å². The Morgan fingerprint density at radius 1 is 1.13 bits per heavy atom. The van der Waals surface area contributed by atoms with Gasteiger partial charge < -0.3 is 24.7 Å². The lowest BCUT2D eigenvalue weighted by molar-refractivity contribution is 0.0600. The van der Waals surface area contributed by atoms with Gasteiger partial charge in [-0.05, 0) is 35.4 Å². The van der Waals surface area contributed by atoms with Gasteiger partial charge in [0.05, 0.1) is 19.8 Å². The molecule has 0 fully saturated rings. The summed E-state index contributed by atoms with van der Waals surface area (Å²) in [5, 5.41) is 5.81. The summed E-state index contributed by atoms with van der Waals surface area (Å²) >= 11 is 0. The molecule has 2 aromatic carbocycles. The molecule has 8 nitrogen and oxygen atoms in total. The summed E-state index contributed by atoms with van der Waals surface area (Å²) in [5.41, 5.74) is 2.16. The van der Waals surface area contributed by atoms with Crippen molar-refractivity contribution in [2.75, 3.05) is 14.2 Å². The highest BCUT2D eigenvalue weighted by Crippen LogP contribution is 2.24. The molecule has 30 heavy (non-hydrogen) atoms. The van der Waals surface area contributed by atoms with E-state index in [2.05, 4.69) is 20.4 Å². The fourth-order valence-corrected chi connectivity index (χ4v) is 3.01. The van der Waals surface area contributed by atoms with Gasteiger partial charge in [-0.15, -0.1) is 0 Å². The lowest BCUT2D eigenvalue weighted by Gasteiger charge is -2.20. The number of methoxy groups -OCH3 is 2. The molecular formula is C22H24N4O4. The summed E-state index contributed by atoms with van der Waals surface area (Å²) < 4.78 is 11.9. The molecule has 156 valence electrons. The summed E-state index contributed by atoms with van der Waals surface area (Å²) in [6.45, 7) is 0.304. The number of aryl methyl sites for hydroxylation is 1. The minimum Gasteiger partial charge on any atom is -0.497 e. The number of hydrogen-bond donors (Lipinski definition) is 2. The quantitative estimate of drug-likeness (QED) is 0.586. The van der Waals surface area contributed by atoms with E-state index in [1.54, 1.807) is 37.6 Å². The van der Waals surface area contributed by atoms with Crippen molar-refractivity contribution in [2.45, 2.75) is 12.6 Å². The predicted octanol–water partition coefficient (Wildman–Crippen LogP) is 2.80. The zero-order valence-electron chi connectivity index (χ0n) is 17.1. The maximum Gasteiger partial charge on any atom is 0.337 e. The number of aromatic nitrogens is 2. The van der Waals surface area contributed by atoms with Gasteiger partial charge in [0.1, 0.15) is 17.6 Å². The van der Waals surface area contributed by atoms with Crippen molar-refractivity contribution in [3.63, 3.8) is 0 Å². The maximum absolute atomic E-state index is 12.6. The number of nitrogens with zero attached hydrogens (tertiary/aromatic N) is 2. The van der Waals surface area contributed by atoms with Crippen molar-refractivity contribution in [3.8, 4) is 5.75 Å². The van der Waals surface area contributed by atoms with Crippen LogP contribution >= 0.6 is 0 Å². The molecule has 3 rings (SSSR count). The van der Waals surface area contributed by atoms with Crippen LogP contribution in [0.15, 0.2) is 60.9 Å². The van der Waals surface area contributed by atoms with Crippen LogP contribution in [0.1, 0.15) is 33.4 Å². The third-order valence-corrected chi connectivity index (χ3v) is 4.65. The fourth-order valence-electron chi connectivity index (χ4n) is 3.01. The summed E-state index contributed by atoms with van der Waals surface area (Å²) in [4.78, 5) is 28.5. The van der Waals surface area contributed by atoms with E-state index in [4.69, 9.17) is 4.74 Å². The Hall–Kier alpha value is -3.81. The number of carbonyl (C=O) groups excluding carboxylic acids is 2. The zero-order chi connectivity index (χ0) is 21.5. The van der Waals surface area contributed by atoms with Crippen LogP contribution < -0.4 is 15.4 Å². The topological polar surface area (TPSA) is 94.5 Å². The van der Waals surface area contributed by atoms with Gasteiger partial charge in [0.2, 0.25) is 0 Å². The monoisotopic (exact) mass is 408 g/mol. The molecule has 0 spiro atoms. The number of ether oxygens (including phenoxy) is 2. The Kier molecular flexibility index (Phi) is 6.69. The van der Waals surface area contributed by atoms with Crippen molar-refractivity contribution < 1.29 is 19.1 Å². The average Bonchev–Trinajstić information content (AvgIpc) is 3.21. The normalized spacial score (nSPS) is 11.4. The molecule has 1 heterocycles. The van der Waals surface area contributed by atoms with E-state index in [-0.39, 0.29) is 6.03 Å².